The number of ether oxygens (including phenoxy) is 2. The molecule has 4 amide bonds. The molecule has 8 N–H and O–H groups in total. The van der Waals surface area contributed by atoms with Crippen LogP contribution in [0, 0.1) is 5.92 Å². The Balaban J connectivity index is 1.69. The number of nitrogens with two attached hydrogens (primary N) is 2. The molecule has 1 aliphatic heterocycles. The molecule has 0 radical (unpaired) electrons. The Hall–Kier alpha value is -3.88. The number of benzene rings is 2. The van der Waals surface area contributed by atoms with Gasteiger partial charge in [0.2, 0.25) is 23.6 Å². The van der Waals surface area contributed by atoms with Crippen molar-refractivity contribution in [3.8, 4) is 0 Å². The second kappa shape index (κ2) is 24.4. The number of unbranched alkanes of at least 4 members (excludes halogenated alkanes) is 1. The lowest BCUT2D eigenvalue weighted by atomic mass is 9.99. The van der Waals surface area contributed by atoms with E-state index in [0.29, 0.717) is 78.0 Å². The van der Waals surface area contributed by atoms with Crippen molar-refractivity contribution in [2.45, 2.75) is 95.4 Å². The fourth-order valence-corrected chi connectivity index (χ4v) is 6.26. The molecule has 1 aliphatic rings. The fraction of sp³-hybridized carbons (Fsp3) is 0.600. The second-order valence-corrected chi connectivity index (χ2v) is 14.3. The topological polar surface area (TPSA) is 190 Å². The van der Waals surface area contributed by atoms with Crippen LogP contribution in [-0.2, 0) is 41.5 Å². The number of nitrogens with zero attached hydrogens (tertiary/aromatic N) is 1. The maximum absolute atomic E-state index is 14.0. The van der Waals surface area contributed by atoms with Gasteiger partial charge in [0, 0.05) is 39.2 Å². The van der Waals surface area contributed by atoms with Crippen LogP contribution >= 0.6 is 0 Å². The molecule has 3 rings (SSSR count). The van der Waals surface area contributed by atoms with Crippen molar-refractivity contribution in [1.82, 2.24) is 26.2 Å². The molecule has 53 heavy (non-hydrogen) atoms. The van der Waals surface area contributed by atoms with Crippen LogP contribution in [0.3, 0.4) is 0 Å². The highest BCUT2D eigenvalue weighted by molar-refractivity contribution is 5.95. The number of carbonyl (C=O) groups excluding carboxylic acids is 4. The maximum atomic E-state index is 14.0. The van der Waals surface area contributed by atoms with Gasteiger partial charge >= 0.3 is 0 Å². The Labute approximate surface area is 315 Å². The molecule has 0 aromatic heterocycles. The number of nitrogens with one attached hydrogen (secondary N) is 4. The third kappa shape index (κ3) is 16.8. The first-order valence-electron chi connectivity index (χ1n) is 19.1. The number of hydrogen-bond acceptors (Lipinski definition) is 9. The maximum Gasteiger partial charge on any atom is 0.245 e. The second-order valence-electron chi connectivity index (χ2n) is 14.3. The van der Waals surface area contributed by atoms with Gasteiger partial charge in [-0.05, 0) is 68.5 Å². The SMILES string of the molecule is COCCOCCNCCCC[C@@H](NC(=O)[C@@H](CC(C)C)NC(=O)[C@@H](Cc1ccccc1)NC(=O)[C@H](N)Cc1ccccc1)C(=O)N1CCC(N)CC1. The quantitative estimate of drug-likeness (QED) is 0.0871. The number of likely N-dealkylation sites (tertiary alicyclic amines) is 1. The van der Waals surface area contributed by atoms with Crippen LogP contribution in [0.4, 0.5) is 0 Å². The average molecular weight is 738 g/mol. The molecule has 2 aromatic rings. The minimum Gasteiger partial charge on any atom is -0.382 e. The van der Waals surface area contributed by atoms with Gasteiger partial charge in [-0.1, -0.05) is 74.5 Å². The lowest BCUT2D eigenvalue weighted by molar-refractivity contribution is -0.138. The molecule has 4 atom stereocenters. The van der Waals surface area contributed by atoms with Gasteiger partial charge in [0.25, 0.3) is 0 Å². The number of hydrogen-bond donors (Lipinski definition) is 6. The first-order chi connectivity index (χ1) is 25.6. The Morgan fingerprint density at radius 3 is 1.96 bits per heavy atom. The Bertz CT molecular complexity index is 1360. The molecule has 0 aliphatic carbocycles. The summed E-state index contributed by atoms with van der Waals surface area (Å²) in [5.41, 5.74) is 14.1. The zero-order valence-electron chi connectivity index (χ0n) is 31.9. The first kappa shape index (κ1) is 43.5. The van der Waals surface area contributed by atoms with Crippen molar-refractivity contribution in [1.29, 1.82) is 0 Å². The highest BCUT2D eigenvalue weighted by atomic mass is 16.5. The van der Waals surface area contributed by atoms with Gasteiger partial charge in [0.1, 0.15) is 18.1 Å². The minimum absolute atomic E-state index is 0.0507. The summed E-state index contributed by atoms with van der Waals surface area (Å²) >= 11 is 0. The van der Waals surface area contributed by atoms with Crippen molar-refractivity contribution in [3.63, 3.8) is 0 Å². The molecule has 13 nitrogen and oxygen atoms in total. The minimum atomic E-state index is -0.984. The lowest BCUT2D eigenvalue weighted by Gasteiger charge is -2.34. The van der Waals surface area contributed by atoms with Crippen LogP contribution in [0.1, 0.15) is 63.5 Å². The van der Waals surface area contributed by atoms with Crippen molar-refractivity contribution in [3.05, 3.63) is 71.8 Å². The van der Waals surface area contributed by atoms with E-state index in [1.54, 1.807) is 12.0 Å². The Morgan fingerprint density at radius 1 is 0.755 bits per heavy atom. The van der Waals surface area contributed by atoms with E-state index in [4.69, 9.17) is 20.9 Å². The van der Waals surface area contributed by atoms with E-state index < -0.39 is 41.9 Å². The monoisotopic (exact) mass is 737 g/mol. The van der Waals surface area contributed by atoms with E-state index in [1.165, 1.54) is 0 Å². The molecule has 294 valence electrons. The summed E-state index contributed by atoms with van der Waals surface area (Å²) in [6, 6.07) is 15.3. The highest BCUT2D eigenvalue weighted by Crippen LogP contribution is 2.14. The molecule has 1 heterocycles. The highest BCUT2D eigenvalue weighted by Gasteiger charge is 2.33. The summed E-state index contributed by atoms with van der Waals surface area (Å²) in [5, 5.41) is 12.1. The van der Waals surface area contributed by atoms with Crippen LogP contribution < -0.4 is 32.7 Å². The van der Waals surface area contributed by atoms with Gasteiger partial charge in [-0.3, -0.25) is 19.2 Å². The number of carbonyl (C=O) groups is 4. The standard InChI is InChI=1S/C40H63N7O6/c1-29(2)26-35(46-39(50)36(28-31-14-8-5-9-15-31)45-37(48)33(42)27-30-12-6-4-7-13-30)38(49)44-34(40(51)47-21-17-32(41)18-22-47)16-10-11-19-43-20-23-53-25-24-52-3/h4-9,12-15,29,32-36,43H,10-11,16-28,41-42H2,1-3H3,(H,44,49)(H,45,48)(H,46,50)/t33-,34-,35-,36-/m1/s1. The van der Waals surface area contributed by atoms with Crippen LogP contribution in [0.5, 0.6) is 0 Å². The first-order valence-corrected chi connectivity index (χ1v) is 19.1. The molecular formula is C40H63N7O6. The molecule has 0 saturated carbocycles. The molecule has 0 spiro atoms. The van der Waals surface area contributed by atoms with Crippen LogP contribution in [0.2, 0.25) is 0 Å². The lowest BCUT2D eigenvalue weighted by Crippen LogP contribution is -2.59. The number of amides is 4. The fourth-order valence-electron chi connectivity index (χ4n) is 6.26. The van der Waals surface area contributed by atoms with Gasteiger partial charge in [0.05, 0.1) is 25.9 Å². The summed E-state index contributed by atoms with van der Waals surface area (Å²) < 4.78 is 10.5. The largest absolute Gasteiger partial charge is 0.382 e. The predicted octanol–water partition coefficient (Wildman–Crippen LogP) is 1.67. The van der Waals surface area contributed by atoms with E-state index in [-0.39, 0.29) is 24.3 Å². The summed E-state index contributed by atoms with van der Waals surface area (Å²) in [6.07, 6.45) is 4.23. The molecule has 0 bridgehead atoms. The molecule has 1 fully saturated rings. The molecule has 1 saturated heterocycles. The third-order valence-corrected chi connectivity index (χ3v) is 9.31. The van der Waals surface area contributed by atoms with Crippen molar-refractivity contribution >= 4 is 23.6 Å². The Kier molecular flexibility index (Phi) is 20.1. The van der Waals surface area contributed by atoms with E-state index >= 15 is 0 Å². The van der Waals surface area contributed by atoms with Gasteiger partial charge in [-0.2, -0.15) is 0 Å². The van der Waals surface area contributed by atoms with Gasteiger partial charge < -0.3 is 47.1 Å². The van der Waals surface area contributed by atoms with E-state index in [9.17, 15) is 19.2 Å². The molecular weight excluding hydrogens is 674 g/mol. The Morgan fingerprint density at radius 2 is 1.34 bits per heavy atom. The van der Waals surface area contributed by atoms with E-state index in [1.807, 2.05) is 74.5 Å². The van der Waals surface area contributed by atoms with Crippen LogP contribution in [0.15, 0.2) is 60.7 Å². The normalized spacial score (nSPS) is 15.7. The zero-order valence-corrected chi connectivity index (χ0v) is 31.9. The predicted molar refractivity (Wildman–Crippen MR) is 207 cm³/mol. The van der Waals surface area contributed by atoms with Crippen LogP contribution in [0.25, 0.3) is 0 Å². The summed E-state index contributed by atoms with van der Waals surface area (Å²) in [4.78, 5) is 56.9. The van der Waals surface area contributed by atoms with Crippen molar-refractivity contribution < 1.29 is 28.7 Å². The smallest absolute Gasteiger partial charge is 0.245 e. The van der Waals surface area contributed by atoms with Crippen molar-refractivity contribution in [2.75, 3.05) is 53.1 Å². The van der Waals surface area contributed by atoms with E-state index in [0.717, 1.165) is 24.1 Å². The third-order valence-electron chi connectivity index (χ3n) is 9.31. The van der Waals surface area contributed by atoms with Gasteiger partial charge in [-0.15, -0.1) is 0 Å². The zero-order chi connectivity index (χ0) is 38.4. The molecule has 13 heteroatoms. The number of methoxy groups -OCH3 is 1. The van der Waals surface area contributed by atoms with Crippen LogP contribution in [-0.4, -0.2) is 112 Å². The van der Waals surface area contributed by atoms with Gasteiger partial charge in [-0.25, -0.2) is 0 Å². The van der Waals surface area contributed by atoms with Crippen molar-refractivity contribution in [2.24, 2.45) is 17.4 Å². The summed E-state index contributed by atoms with van der Waals surface area (Å²) in [5.74, 6) is -1.48. The summed E-state index contributed by atoms with van der Waals surface area (Å²) in [7, 11) is 1.64. The summed E-state index contributed by atoms with van der Waals surface area (Å²) in [6.45, 7) is 8.15. The van der Waals surface area contributed by atoms with Gasteiger partial charge in [0.15, 0.2) is 0 Å². The molecule has 0 unspecified atom stereocenters. The number of piperidine rings is 1. The number of rotatable bonds is 24. The molecule has 2 aromatic carbocycles. The average Bonchev–Trinajstić information content (AvgIpc) is 3.15. The van der Waals surface area contributed by atoms with E-state index in [2.05, 4.69) is 21.3 Å².